The van der Waals surface area contributed by atoms with Crippen molar-refractivity contribution in [3.8, 4) is 0 Å². The van der Waals surface area contributed by atoms with Crippen molar-refractivity contribution in [2.75, 3.05) is 5.32 Å². The first-order chi connectivity index (χ1) is 9.74. The van der Waals surface area contributed by atoms with E-state index in [0.29, 0.717) is 11.0 Å². The molecule has 20 heavy (non-hydrogen) atoms. The third-order valence-electron chi connectivity index (χ3n) is 3.14. The Kier molecular flexibility index (Phi) is 3.65. The second kappa shape index (κ2) is 5.59. The van der Waals surface area contributed by atoms with E-state index < -0.39 is 0 Å². The minimum absolute atomic E-state index is 0.269. The molecule has 0 aliphatic carbocycles. The molecule has 2 aromatic carbocycles. The van der Waals surface area contributed by atoms with Crippen LogP contribution in [0.4, 0.5) is 10.1 Å². The van der Waals surface area contributed by atoms with Gasteiger partial charge in [-0.15, -0.1) is 0 Å². The molecule has 2 nitrogen and oxygen atoms in total. The van der Waals surface area contributed by atoms with Crippen LogP contribution < -0.4 is 5.32 Å². The van der Waals surface area contributed by atoms with Crippen LogP contribution in [0.3, 0.4) is 0 Å². The summed E-state index contributed by atoms with van der Waals surface area (Å²) in [5.74, 6) is -0.269. The smallest absolute Gasteiger partial charge is 0.139 e. The third-order valence-corrected chi connectivity index (χ3v) is 3.79. The van der Waals surface area contributed by atoms with Gasteiger partial charge >= 0.3 is 0 Å². The molecule has 1 aromatic heterocycles. The summed E-state index contributed by atoms with van der Waals surface area (Å²) in [6.07, 6.45) is 1.79. The van der Waals surface area contributed by atoms with Gasteiger partial charge in [0, 0.05) is 23.8 Å². The molecule has 0 radical (unpaired) electrons. The van der Waals surface area contributed by atoms with Crippen LogP contribution in [0.25, 0.3) is 10.9 Å². The summed E-state index contributed by atoms with van der Waals surface area (Å²) in [5, 5.41) is 4.34. The second-order valence-electron chi connectivity index (χ2n) is 4.47. The number of anilines is 1. The Morgan fingerprint density at radius 3 is 2.80 bits per heavy atom. The Balaban J connectivity index is 1.85. The maximum atomic E-state index is 13.5. The Hall–Kier alpha value is -1.94. The molecule has 0 unspecified atom stereocenters. The average Bonchev–Trinajstić information content (AvgIpc) is 2.48. The highest BCUT2D eigenvalue weighted by atomic mass is 79.9. The second-order valence-corrected chi connectivity index (χ2v) is 5.32. The molecular weight excluding hydrogens is 319 g/mol. The average molecular weight is 331 g/mol. The number of hydrogen-bond acceptors (Lipinski definition) is 2. The molecule has 0 aliphatic heterocycles. The topological polar surface area (TPSA) is 24.9 Å². The maximum absolute atomic E-state index is 13.5. The van der Waals surface area contributed by atoms with Crippen molar-refractivity contribution in [3.63, 3.8) is 0 Å². The lowest BCUT2D eigenvalue weighted by atomic mass is 10.1. The largest absolute Gasteiger partial charge is 0.381 e. The lowest BCUT2D eigenvalue weighted by Crippen LogP contribution is -2.01. The molecule has 3 rings (SSSR count). The predicted molar refractivity (Wildman–Crippen MR) is 83.2 cm³/mol. The summed E-state index contributed by atoms with van der Waals surface area (Å²) in [5.41, 5.74) is 2.86. The molecule has 0 atom stereocenters. The van der Waals surface area contributed by atoms with Crippen molar-refractivity contribution >= 4 is 32.5 Å². The molecular formula is C16H12BrFN2. The van der Waals surface area contributed by atoms with Crippen LogP contribution in [0.1, 0.15) is 5.56 Å². The minimum Gasteiger partial charge on any atom is -0.381 e. The Morgan fingerprint density at radius 1 is 1.10 bits per heavy atom. The van der Waals surface area contributed by atoms with Crippen LogP contribution in [0, 0.1) is 5.82 Å². The molecule has 0 saturated heterocycles. The zero-order chi connectivity index (χ0) is 13.9. The van der Waals surface area contributed by atoms with E-state index in [-0.39, 0.29) is 5.82 Å². The van der Waals surface area contributed by atoms with Crippen LogP contribution in [0.5, 0.6) is 0 Å². The number of nitrogens with zero attached hydrogens (tertiary/aromatic N) is 1. The highest BCUT2D eigenvalue weighted by Gasteiger charge is 2.03. The lowest BCUT2D eigenvalue weighted by Gasteiger charge is -2.09. The van der Waals surface area contributed by atoms with Gasteiger partial charge in [0.25, 0.3) is 0 Å². The highest BCUT2D eigenvalue weighted by Crippen LogP contribution is 2.21. The van der Waals surface area contributed by atoms with E-state index in [0.717, 1.165) is 22.2 Å². The number of benzene rings is 2. The summed E-state index contributed by atoms with van der Waals surface area (Å²) in [4.78, 5) is 4.33. The number of hydrogen-bond donors (Lipinski definition) is 1. The van der Waals surface area contributed by atoms with Gasteiger partial charge in [-0.3, -0.25) is 4.98 Å². The fraction of sp³-hybridized carbons (Fsp3) is 0.0625. The first-order valence-electron chi connectivity index (χ1n) is 6.25. The van der Waals surface area contributed by atoms with Gasteiger partial charge in [-0.25, -0.2) is 4.39 Å². The molecule has 0 fully saturated rings. The van der Waals surface area contributed by atoms with E-state index in [1.165, 1.54) is 6.07 Å². The fourth-order valence-corrected chi connectivity index (χ4v) is 2.36. The Bertz CT molecular complexity index is 753. The number of para-hydroxylation sites is 1. The summed E-state index contributed by atoms with van der Waals surface area (Å²) in [6, 6.07) is 15.0. The zero-order valence-electron chi connectivity index (χ0n) is 10.6. The van der Waals surface area contributed by atoms with E-state index in [9.17, 15) is 4.39 Å². The van der Waals surface area contributed by atoms with Crippen LogP contribution in [-0.4, -0.2) is 4.98 Å². The molecule has 0 bridgehead atoms. The molecule has 4 heteroatoms. The van der Waals surface area contributed by atoms with E-state index in [4.69, 9.17) is 0 Å². The fourth-order valence-electron chi connectivity index (χ4n) is 2.11. The molecule has 0 spiro atoms. The number of nitrogens with one attached hydrogen (secondary N) is 1. The number of aromatic nitrogens is 1. The van der Waals surface area contributed by atoms with E-state index in [2.05, 4.69) is 26.2 Å². The number of rotatable bonds is 3. The van der Waals surface area contributed by atoms with Crippen molar-refractivity contribution < 1.29 is 4.39 Å². The van der Waals surface area contributed by atoms with Gasteiger partial charge in [-0.05, 0) is 51.8 Å². The van der Waals surface area contributed by atoms with Crippen molar-refractivity contribution in [2.45, 2.75) is 6.54 Å². The predicted octanol–water partition coefficient (Wildman–Crippen LogP) is 4.75. The van der Waals surface area contributed by atoms with Gasteiger partial charge in [0.15, 0.2) is 0 Å². The first kappa shape index (κ1) is 13.1. The van der Waals surface area contributed by atoms with Gasteiger partial charge in [0.2, 0.25) is 0 Å². The van der Waals surface area contributed by atoms with Crippen LogP contribution in [0.15, 0.2) is 59.2 Å². The number of halogens is 2. The van der Waals surface area contributed by atoms with Gasteiger partial charge in [-0.1, -0.05) is 18.2 Å². The molecule has 1 heterocycles. The SMILES string of the molecule is Fc1cc(NCc2ccnc3ccccc23)ccc1Br. The molecule has 3 aromatic rings. The molecule has 100 valence electrons. The highest BCUT2D eigenvalue weighted by molar-refractivity contribution is 9.10. The summed E-state index contributed by atoms with van der Waals surface area (Å²) in [7, 11) is 0. The van der Waals surface area contributed by atoms with E-state index in [1.807, 2.05) is 36.4 Å². The molecule has 0 amide bonds. The van der Waals surface area contributed by atoms with Crippen LogP contribution in [0.2, 0.25) is 0 Å². The van der Waals surface area contributed by atoms with Crippen molar-refractivity contribution in [1.82, 2.24) is 4.98 Å². The van der Waals surface area contributed by atoms with Crippen molar-refractivity contribution in [2.24, 2.45) is 0 Å². The van der Waals surface area contributed by atoms with Crippen LogP contribution in [-0.2, 0) is 6.54 Å². The first-order valence-corrected chi connectivity index (χ1v) is 7.05. The quantitative estimate of drug-likeness (QED) is 0.749. The van der Waals surface area contributed by atoms with E-state index >= 15 is 0 Å². The molecule has 1 N–H and O–H groups in total. The molecule has 0 aliphatic rings. The van der Waals surface area contributed by atoms with Gasteiger partial charge < -0.3 is 5.32 Å². The van der Waals surface area contributed by atoms with Crippen molar-refractivity contribution in [1.29, 1.82) is 0 Å². The number of pyridine rings is 1. The lowest BCUT2D eigenvalue weighted by molar-refractivity contribution is 0.621. The van der Waals surface area contributed by atoms with Gasteiger partial charge in [0.05, 0.1) is 9.99 Å². The monoisotopic (exact) mass is 330 g/mol. The van der Waals surface area contributed by atoms with Gasteiger partial charge in [-0.2, -0.15) is 0 Å². The Morgan fingerprint density at radius 2 is 1.95 bits per heavy atom. The Labute approximate surface area is 124 Å². The number of fused-ring (bicyclic) bond motifs is 1. The maximum Gasteiger partial charge on any atom is 0.139 e. The summed E-state index contributed by atoms with van der Waals surface area (Å²) < 4.78 is 13.9. The normalized spacial score (nSPS) is 10.7. The van der Waals surface area contributed by atoms with Crippen molar-refractivity contribution in [3.05, 3.63) is 70.6 Å². The zero-order valence-corrected chi connectivity index (χ0v) is 12.2. The minimum atomic E-state index is -0.269. The van der Waals surface area contributed by atoms with Crippen LogP contribution >= 0.6 is 15.9 Å². The van der Waals surface area contributed by atoms with Gasteiger partial charge in [0.1, 0.15) is 5.82 Å². The molecule has 0 saturated carbocycles. The summed E-state index contributed by atoms with van der Waals surface area (Å²) >= 11 is 3.15. The van der Waals surface area contributed by atoms with E-state index in [1.54, 1.807) is 12.3 Å². The third kappa shape index (κ3) is 2.65. The standard InChI is InChI=1S/C16H12BrFN2/c17-14-6-5-12(9-15(14)18)20-10-11-7-8-19-16-4-2-1-3-13(11)16/h1-9,20H,10H2. The summed E-state index contributed by atoms with van der Waals surface area (Å²) in [6.45, 7) is 0.629.